The van der Waals surface area contributed by atoms with E-state index in [1.807, 2.05) is 56.3 Å². The van der Waals surface area contributed by atoms with E-state index in [4.69, 9.17) is 9.47 Å². The van der Waals surface area contributed by atoms with Gasteiger partial charge in [0.2, 0.25) is 0 Å². The minimum absolute atomic E-state index is 0.0512. The van der Waals surface area contributed by atoms with Crippen LogP contribution in [-0.2, 0) is 4.79 Å². The summed E-state index contributed by atoms with van der Waals surface area (Å²) in [7, 11) is 0. The second kappa shape index (κ2) is 9.08. The molecule has 0 radical (unpaired) electrons. The van der Waals surface area contributed by atoms with E-state index in [0.717, 1.165) is 17.4 Å². The minimum atomic E-state index is -0.166. The fraction of sp³-hybridized carbons (Fsp3) is 0.261. The summed E-state index contributed by atoms with van der Waals surface area (Å²) in [6.45, 7) is 4.58. The molecule has 1 amide bonds. The normalized spacial score (nSPS) is 11.8. The summed E-state index contributed by atoms with van der Waals surface area (Å²) >= 11 is 0. The lowest BCUT2D eigenvalue weighted by atomic mass is 10.0. The molecule has 4 nitrogen and oxygen atoms in total. The first-order chi connectivity index (χ1) is 13.2. The number of benzene rings is 3. The zero-order valence-corrected chi connectivity index (χ0v) is 15.8. The van der Waals surface area contributed by atoms with Gasteiger partial charge in [0, 0.05) is 0 Å². The van der Waals surface area contributed by atoms with Crippen LogP contribution >= 0.6 is 0 Å². The highest BCUT2D eigenvalue weighted by molar-refractivity contribution is 5.83. The van der Waals surface area contributed by atoms with Crippen molar-refractivity contribution in [1.29, 1.82) is 0 Å². The molecule has 0 heterocycles. The van der Waals surface area contributed by atoms with E-state index in [1.165, 1.54) is 5.39 Å². The molecule has 4 heteroatoms. The number of rotatable bonds is 8. The third kappa shape index (κ3) is 5.00. The molecule has 27 heavy (non-hydrogen) atoms. The number of carbonyl (C=O) groups is 1. The molecule has 0 aliphatic rings. The molecular formula is C23H25NO3. The predicted octanol–water partition coefficient (Wildman–Crippen LogP) is 4.88. The van der Waals surface area contributed by atoms with Crippen molar-refractivity contribution in [3.63, 3.8) is 0 Å². The second-order valence-electron chi connectivity index (χ2n) is 6.48. The Balaban J connectivity index is 1.58. The van der Waals surface area contributed by atoms with E-state index in [9.17, 15) is 4.79 Å². The third-order valence-electron chi connectivity index (χ3n) is 4.32. The molecule has 0 aliphatic carbocycles. The minimum Gasteiger partial charge on any atom is -0.490 e. The summed E-state index contributed by atoms with van der Waals surface area (Å²) < 4.78 is 11.3. The van der Waals surface area contributed by atoms with Gasteiger partial charge in [0.05, 0.1) is 12.6 Å². The van der Waals surface area contributed by atoms with Crippen LogP contribution in [0.25, 0.3) is 10.8 Å². The first kappa shape index (κ1) is 18.8. The molecule has 3 aromatic rings. The number of para-hydroxylation sites is 2. The SMILES string of the molecule is CCCOc1ccccc1OCC(=O)N[C@H](C)c1ccc2ccccc2c1. The van der Waals surface area contributed by atoms with E-state index in [2.05, 4.69) is 29.6 Å². The Kier molecular flexibility index (Phi) is 6.31. The Morgan fingerprint density at radius 1 is 0.926 bits per heavy atom. The van der Waals surface area contributed by atoms with Crippen LogP contribution in [0.15, 0.2) is 66.7 Å². The molecule has 3 rings (SSSR count). The van der Waals surface area contributed by atoms with Gasteiger partial charge in [-0.25, -0.2) is 0 Å². The zero-order chi connectivity index (χ0) is 19.1. The fourth-order valence-corrected chi connectivity index (χ4v) is 2.89. The van der Waals surface area contributed by atoms with E-state index in [0.29, 0.717) is 18.1 Å². The molecular weight excluding hydrogens is 338 g/mol. The standard InChI is InChI=1S/C23H25NO3/c1-3-14-26-21-10-6-7-11-22(21)27-16-23(25)24-17(2)19-13-12-18-8-4-5-9-20(18)15-19/h4-13,15,17H,3,14,16H2,1-2H3,(H,24,25)/t17-/m1/s1. The molecule has 0 spiro atoms. The summed E-state index contributed by atoms with van der Waals surface area (Å²) in [6.07, 6.45) is 0.915. The number of carbonyl (C=O) groups excluding carboxylic acids is 1. The van der Waals surface area contributed by atoms with Crippen molar-refractivity contribution in [2.45, 2.75) is 26.3 Å². The van der Waals surface area contributed by atoms with Crippen LogP contribution in [0.2, 0.25) is 0 Å². The Morgan fingerprint density at radius 2 is 1.59 bits per heavy atom. The molecule has 0 saturated heterocycles. The Labute approximate surface area is 160 Å². The van der Waals surface area contributed by atoms with Gasteiger partial charge in [0.1, 0.15) is 0 Å². The van der Waals surface area contributed by atoms with Crippen molar-refractivity contribution < 1.29 is 14.3 Å². The van der Waals surface area contributed by atoms with Gasteiger partial charge in [-0.3, -0.25) is 4.79 Å². The summed E-state index contributed by atoms with van der Waals surface area (Å²) in [5.41, 5.74) is 1.06. The average molecular weight is 363 g/mol. The van der Waals surface area contributed by atoms with Gasteiger partial charge in [-0.2, -0.15) is 0 Å². The van der Waals surface area contributed by atoms with Crippen LogP contribution < -0.4 is 14.8 Å². The molecule has 0 unspecified atom stereocenters. The summed E-state index contributed by atoms with van der Waals surface area (Å²) in [6, 6.07) is 21.7. The maximum Gasteiger partial charge on any atom is 0.258 e. The molecule has 1 N–H and O–H groups in total. The maximum absolute atomic E-state index is 12.3. The van der Waals surface area contributed by atoms with Gasteiger partial charge in [-0.05, 0) is 47.9 Å². The average Bonchev–Trinajstić information content (AvgIpc) is 2.70. The van der Waals surface area contributed by atoms with Crippen molar-refractivity contribution in [2.75, 3.05) is 13.2 Å². The zero-order valence-electron chi connectivity index (χ0n) is 15.8. The highest BCUT2D eigenvalue weighted by Gasteiger charge is 2.12. The molecule has 1 atom stereocenters. The van der Waals surface area contributed by atoms with Crippen LogP contribution in [0.3, 0.4) is 0 Å². The lowest BCUT2D eigenvalue weighted by molar-refractivity contribution is -0.123. The molecule has 0 bridgehead atoms. The number of hydrogen-bond acceptors (Lipinski definition) is 3. The Hall–Kier alpha value is -3.01. The van der Waals surface area contributed by atoms with Crippen LogP contribution in [0, 0.1) is 0 Å². The predicted molar refractivity (Wildman–Crippen MR) is 108 cm³/mol. The van der Waals surface area contributed by atoms with Gasteiger partial charge >= 0.3 is 0 Å². The first-order valence-electron chi connectivity index (χ1n) is 9.30. The molecule has 0 aliphatic heterocycles. The number of amides is 1. The topological polar surface area (TPSA) is 47.6 Å². The van der Waals surface area contributed by atoms with Gasteiger partial charge in [0.25, 0.3) is 5.91 Å². The largest absolute Gasteiger partial charge is 0.490 e. The lowest BCUT2D eigenvalue weighted by Crippen LogP contribution is -2.31. The lowest BCUT2D eigenvalue weighted by Gasteiger charge is -2.16. The van der Waals surface area contributed by atoms with Crippen LogP contribution in [-0.4, -0.2) is 19.1 Å². The fourth-order valence-electron chi connectivity index (χ4n) is 2.89. The first-order valence-corrected chi connectivity index (χ1v) is 9.30. The van der Waals surface area contributed by atoms with Gasteiger partial charge in [-0.1, -0.05) is 55.5 Å². The van der Waals surface area contributed by atoms with Crippen molar-refractivity contribution in [3.8, 4) is 11.5 Å². The summed E-state index contributed by atoms with van der Waals surface area (Å²) in [4.78, 5) is 12.3. The molecule has 0 aromatic heterocycles. The summed E-state index contributed by atoms with van der Waals surface area (Å²) in [5.74, 6) is 1.08. The Morgan fingerprint density at radius 3 is 2.33 bits per heavy atom. The molecule has 0 fully saturated rings. The maximum atomic E-state index is 12.3. The quantitative estimate of drug-likeness (QED) is 0.620. The van der Waals surface area contributed by atoms with Crippen LogP contribution in [0.4, 0.5) is 0 Å². The van der Waals surface area contributed by atoms with Gasteiger partial charge in [0.15, 0.2) is 18.1 Å². The number of fused-ring (bicyclic) bond motifs is 1. The highest BCUT2D eigenvalue weighted by atomic mass is 16.5. The van der Waals surface area contributed by atoms with E-state index < -0.39 is 0 Å². The number of ether oxygens (including phenoxy) is 2. The Bertz CT molecular complexity index is 907. The van der Waals surface area contributed by atoms with E-state index >= 15 is 0 Å². The monoisotopic (exact) mass is 363 g/mol. The number of nitrogens with one attached hydrogen (secondary N) is 1. The molecule has 0 saturated carbocycles. The van der Waals surface area contributed by atoms with Gasteiger partial charge < -0.3 is 14.8 Å². The van der Waals surface area contributed by atoms with E-state index in [1.54, 1.807) is 0 Å². The van der Waals surface area contributed by atoms with Crippen LogP contribution in [0.5, 0.6) is 11.5 Å². The smallest absolute Gasteiger partial charge is 0.258 e. The second-order valence-corrected chi connectivity index (χ2v) is 6.48. The molecule has 3 aromatic carbocycles. The number of hydrogen-bond donors (Lipinski definition) is 1. The van der Waals surface area contributed by atoms with Gasteiger partial charge in [-0.15, -0.1) is 0 Å². The third-order valence-corrected chi connectivity index (χ3v) is 4.32. The van der Waals surface area contributed by atoms with Crippen molar-refractivity contribution in [1.82, 2.24) is 5.32 Å². The summed E-state index contributed by atoms with van der Waals surface area (Å²) in [5, 5.41) is 5.34. The highest BCUT2D eigenvalue weighted by Crippen LogP contribution is 2.26. The van der Waals surface area contributed by atoms with Crippen molar-refractivity contribution >= 4 is 16.7 Å². The van der Waals surface area contributed by atoms with Crippen LogP contribution in [0.1, 0.15) is 31.9 Å². The molecule has 140 valence electrons. The van der Waals surface area contributed by atoms with Crippen molar-refractivity contribution in [3.05, 3.63) is 72.3 Å². The van der Waals surface area contributed by atoms with Crippen molar-refractivity contribution in [2.24, 2.45) is 0 Å². The van der Waals surface area contributed by atoms with E-state index in [-0.39, 0.29) is 18.6 Å².